The number of aliphatic carboxylic acids is 1. The third-order valence-corrected chi connectivity index (χ3v) is 5.19. The van der Waals surface area contributed by atoms with E-state index >= 15 is 0 Å². The number of rotatable bonds is 8. The molecular formula is C15H20N2O6S. The van der Waals surface area contributed by atoms with E-state index in [1.165, 1.54) is 19.2 Å². The van der Waals surface area contributed by atoms with Crippen molar-refractivity contribution >= 4 is 21.9 Å². The SMILES string of the molecule is COC(CNC(=O)c1cc(S(=O)(=O)NC2CC2)ccc1C)C(=O)O. The minimum Gasteiger partial charge on any atom is -0.479 e. The molecule has 24 heavy (non-hydrogen) atoms. The van der Waals surface area contributed by atoms with E-state index in [1.807, 2.05) is 0 Å². The molecule has 1 aromatic carbocycles. The van der Waals surface area contributed by atoms with E-state index < -0.39 is 28.0 Å². The zero-order chi connectivity index (χ0) is 17.9. The topological polar surface area (TPSA) is 122 Å². The molecule has 2 rings (SSSR count). The average Bonchev–Trinajstić information content (AvgIpc) is 3.30. The Morgan fingerprint density at radius 3 is 2.58 bits per heavy atom. The fraction of sp³-hybridized carbons (Fsp3) is 0.467. The van der Waals surface area contributed by atoms with Crippen molar-refractivity contribution in [2.24, 2.45) is 0 Å². The van der Waals surface area contributed by atoms with Crippen LogP contribution in [0.2, 0.25) is 0 Å². The van der Waals surface area contributed by atoms with E-state index in [1.54, 1.807) is 13.0 Å². The van der Waals surface area contributed by atoms with Gasteiger partial charge in [0.05, 0.1) is 11.4 Å². The Hall–Kier alpha value is -1.97. The van der Waals surface area contributed by atoms with Gasteiger partial charge in [0.25, 0.3) is 5.91 Å². The summed E-state index contributed by atoms with van der Waals surface area (Å²) in [4.78, 5) is 23.1. The fourth-order valence-corrected chi connectivity index (χ4v) is 3.38. The van der Waals surface area contributed by atoms with Gasteiger partial charge in [0.1, 0.15) is 0 Å². The molecule has 1 fully saturated rings. The largest absolute Gasteiger partial charge is 0.479 e. The van der Waals surface area contributed by atoms with Gasteiger partial charge in [-0.25, -0.2) is 17.9 Å². The molecule has 0 radical (unpaired) electrons. The van der Waals surface area contributed by atoms with Gasteiger partial charge in [-0.15, -0.1) is 0 Å². The maximum atomic E-state index is 12.2. The van der Waals surface area contributed by atoms with Crippen molar-refractivity contribution < 1.29 is 27.9 Å². The van der Waals surface area contributed by atoms with Crippen LogP contribution in [0.5, 0.6) is 0 Å². The van der Waals surface area contributed by atoms with E-state index in [9.17, 15) is 18.0 Å². The third kappa shape index (κ3) is 4.53. The van der Waals surface area contributed by atoms with Crippen LogP contribution in [0, 0.1) is 6.92 Å². The molecule has 1 amide bonds. The summed E-state index contributed by atoms with van der Waals surface area (Å²) in [5.41, 5.74) is 0.760. The summed E-state index contributed by atoms with van der Waals surface area (Å²) in [5, 5.41) is 11.3. The highest BCUT2D eigenvalue weighted by molar-refractivity contribution is 7.89. The van der Waals surface area contributed by atoms with E-state index in [0.717, 1.165) is 12.8 Å². The highest BCUT2D eigenvalue weighted by Gasteiger charge is 2.28. The van der Waals surface area contributed by atoms with E-state index in [2.05, 4.69) is 10.0 Å². The maximum Gasteiger partial charge on any atom is 0.334 e. The molecule has 0 saturated heterocycles. The lowest BCUT2D eigenvalue weighted by Crippen LogP contribution is -2.38. The Bertz CT molecular complexity index is 742. The van der Waals surface area contributed by atoms with Crippen LogP contribution in [-0.4, -0.2) is 51.2 Å². The van der Waals surface area contributed by atoms with Crippen molar-refractivity contribution in [3.05, 3.63) is 29.3 Å². The standard InChI is InChI=1S/C15H20N2O6S/c1-9-3-6-11(24(21,22)17-10-4-5-10)7-12(9)14(18)16-8-13(23-2)15(19)20/h3,6-7,10,13,17H,4-5,8H2,1-2H3,(H,16,18)(H,19,20). The first-order chi connectivity index (χ1) is 11.2. The van der Waals surface area contributed by atoms with E-state index in [0.29, 0.717) is 5.56 Å². The number of carboxylic acid groups (broad SMARTS) is 1. The molecule has 0 heterocycles. The lowest BCUT2D eigenvalue weighted by Gasteiger charge is -2.13. The molecule has 1 aromatic rings. The Labute approximate surface area is 140 Å². The summed E-state index contributed by atoms with van der Waals surface area (Å²) in [6, 6.07) is 4.23. The Kier molecular flexibility index (Phi) is 5.58. The zero-order valence-corrected chi connectivity index (χ0v) is 14.2. The number of hydrogen-bond donors (Lipinski definition) is 3. The van der Waals surface area contributed by atoms with E-state index in [4.69, 9.17) is 9.84 Å². The van der Waals surface area contributed by atoms with Crippen LogP contribution in [0.15, 0.2) is 23.1 Å². The van der Waals surface area contributed by atoms with Crippen molar-refractivity contribution in [1.29, 1.82) is 0 Å². The Morgan fingerprint density at radius 2 is 2.04 bits per heavy atom. The molecule has 0 aromatic heterocycles. The molecule has 9 heteroatoms. The van der Waals surface area contributed by atoms with Crippen LogP contribution >= 0.6 is 0 Å². The lowest BCUT2D eigenvalue weighted by atomic mass is 10.1. The number of aryl methyl sites for hydroxylation is 1. The van der Waals surface area contributed by atoms with Crippen LogP contribution in [0.1, 0.15) is 28.8 Å². The van der Waals surface area contributed by atoms with Crippen molar-refractivity contribution in [3.8, 4) is 0 Å². The predicted octanol–water partition coefficient (Wildman–Crippen LogP) is 0.265. The average molecular weight is 356 g/mol. The van der Waals surface area contributed by atoms with Crippen molar-refractivity contribution in [3.63, 3.8) is 0 Å². The van der Waals surface area contributed by atoms with Crippen LogP contribution < -0.4 is 10.0 Å². The highest BCUT2D eigenvalue weighted by Crippen LogP contribution is 2.23. The Morgan fingerprint density at radius 1 is 1.38 bits per heavy atom. The number of sulfonamides is 1. The van der Waals surface area contributed by atoms with Gasteiger partial charge in [0, 0.05) is 18.7 Å². The Balaban J connectivity index is 2.15. The zero-order valence-electron chi connectivity index (χ0n) is 13.4. The lowest BCUT2D eigenvalue weighted by molar-refractivity contribution is -0.148. The van der Waals surface area contributed by atoms with Crippen molar-refractivity contribution in [2.45, 2.75) is 36.8 Å². The van der Waals surface area contributed by atoms with Crippen LogP contribution in [0.4, 0.5) is 0 Å². The minimum absolute atomic E-state index is 0.00618. The number of hydrogen-bond acceptors (Lipinski definition) is 5. The molecule has 0 bridgehead atoms. The summed E-state index contributed by atoms with van der Waals surface area (Å²) in [6.07, 6.45) is 0.454. The van der Waals surface area contributed by atoms with Crippen LogP contribution in [0.25, 0.3) is 0 Å². The molecule has 3 N–H and O–H groups in total. The number of amides is 1. The summed E-state index contributed by atoms with van der Waals surface area (Å²) in [6.45, 7) is 1.45. The first-order valence-corrected chi connectivity index (χ1v) is 8.89. The maximum absolute atomic E-state index is 12.2. The van der Waals surface area contributed by atoms with Crippen LogP contribution in [-0.2, 0) is 19.6 Å². The van der Waals surface area contributed by atoms with Gasteiger partial charge in [0.15, 0.2) is 6.10 Å². The van der Waals surface area contributed by atoms with Gasteiger partial charge in [-0.05, 0) is 37.5 Å². The van der Waals surface area contributed by atoms with Gasteiger partial charge in [-0.3, -0.25) is 4.79 Å². The van der Waals surface area contributed by atoms with Gasteiger partial charge >= 0.3 is 5.97 Å². The molecule has 1 aliphatic carbocycles. The molecule has 1 saturated carbocycles. The highest BCUT2D eigenvalue weighted by atomic mass is 32.2. The van der Waals surface area contributed by atoms with Crippen LogP contribution in [0.3, 0.4) is 0 Å². The molecule has 8 nitrogen and oxygen atoms in total. The first-order valence-electron chi connectivity index (χ1n) is 7.41. The second-order valence-electron chi connectivity index (χ2n) is 5.64. The van der Waals surface area contributed by atoms with Crippen molar-refractivity contribution in [1.82, 2.24) is 10.0 Å². The fourth-order valence-electron chi connectivity index (χ4n) is 2.05. The number of methoxy groups -OCH3 is 1. The number of ether oxygens (including phenoxy) is 1. The molecule has 1 aliphatic rings. The normalized spacial score (nSPS) is 15.8. The molecule has 0 spiro atoms. The van der Waals surface area contributed by atoms with Gasteiger partial charge in [-0.2, -0.15) is 0 Å². The number of carboxylic acids is 1. The van der Waals surface area contributed by atoms with Gasteiger partial charge < -0.3 is 15.2 Å². The monoisotopic (exact) mass is 356 g/mol. The molecule has 1 atom stereocenters. The van der Waals surface area contributed by atoms with Gasteiger partial charge in [-0.1, -0.05) is 6.07 Å². The number of carbonyl (C=O) groups excluding carboxylic acids is 1. The summed E-state index contributed by atoms with van der Waals surface area (Å²) in [5.74, 6) is -1.75. The smallest absolute Gasteiger partial charge is 0.334 e. The summed E-state index contributed by atoms with van der Waals surface area (Å²) < 4.78 is 31.7. The first kappa shape index (κ1) is 18.4. The minimum atomic E-state index is -3.67. The molecule has 0 aliphatic heterocycles. The molecule has 132 valence electrons. The molecule has 1 unspecified atom stereocenters. The summed E-state index contributed by atoms with van der Waals surface area (Å²) in [7, 11) is -2.44. The quantitative estimate of drug-likeness (QED) is 0.614. The van der Waals surface area contributed by atoms with E-state index in [-0.39, 0.29) is 23.0 Å². The number of carbonyl (C=O) groups is 2. The number of benzene rings is 1. The second kappa shape index (κ2) is 7.29. The number of nitrogens with one attached hydrogen (secondary N) is 2. The van der Waals surface area contributed by atoms with Crippen molar-refractivity contribution in [2.75, 3.05) is 13.7 Å². The predicted molar refractivity (Wildman–Crippen MR) is 85.3 cm³/mol. The molecular weight excluding hydrogens is 336 g/mol. The second-order valence-corrected chi connectivity index (χ2v) is 7.36. The summed E-state index contributed by atoms with van der Waals surface area (Å²) >= 11 is 0. The third-order valence-electron chi connectivity index (χ3n) is 3.67. The van der Waals surface area contributed by atoms with Gasteiger partial charge in [0.2, 0.25) is 10.0 Å².